The normalized spacial score (nSPS) is 29.0. The average Bonchev–Trinajstić information content (AvgIpc) is 2.57. The first kappa shape index (κ1) is 19.3. The summed E-state index contributed by atoms with van der Waals surface area (Å²) in [5.74, 6) is -1.16. The standard InChI is InChI=1S/C17H22FNO6/c1-10(21)19-15-16(24-11(2)22)14(18)13(8-20)25-17(15)23-9-12-6-4-3-5-7-12/h3-7,13-17,20H,8-9H2,1-2H3,(H,19,21)/t13-,14-,15-,16+,17+/m1/s1. The summed E-state index contributed by atoms with van der Waals surface area (Å²) in [5.41, 5.74) is 0.847. The maximum Gasteiger partial charge on any atom is 0.303 e. The van der Waals surface area contributed by atoms with Crippen molar-refractivity contribution in [3.63, 3.8) is 0 Å². The van der Waals surface area contributed by atoms with Crippen LogP contribution in [0.1, 0.15) is 19.4 Å². The topological polar surface area (TPSA) is 94.1 Å². The number of esters is 1. The van der Waals surface area contributed by atoms with Crippen LogP contribution in [0.2, 0.25) is 0 Å². The minimum absolute atomic E-state index is 0.142. The largest absolute Gasteiger partial charge is 0.457 e. The lowest BCUT2D eigenvalue weighted by Crippen LogP contribution is -2.64. The van der Waals surface area contributed by atoms with Crippen LogP contribution < -0.4 is 5.32 Å². The quantitative estimate of drug-likeness (QED) is 0.730. The van der Waals surface area contributed by atoms with Gasteiger partial charge in [-0.15, -0.1) is 0 Å². The number of rotatable bonds is 6. The molecule has 0 radical (unpaired) electrons. The van der Waals surface area contributed by atoms with Crippen molar-refractivity contribution in [2.45, 2.75) is 51.2 Å². The number of halogens is 1. The van der Waals surface area contributed by atoms with Gasteiger partial charge in [-0.2, -0.15) is 0 Å². The van der Waals surface area contributed by atoms with Crippen LogP contribution in [0.3, 0.4) is 0 Å². The second kappa shape index (κ2) is 8.89. The highest BCUT2D eigenvalue weighted by molar-refractivity contribution is 5.73. The minimum Gasteiger partial charge on any atom is -0.457 e. The Balaban J connectivity index is 2.19. The predicted molar refractivity (Wildman–Crippen MR) is 85.0 cm³/mol. The van der Waals surface area contributed by atoms with E-state index in [9.17, 15) is 19.1 Å². The van der Waals surface area contributed by atoms with Crippen molar-refractivity contribution in [1.29, 1.82) is 0 Å². The third kappa shape index (κ3) is 5.22. The number of hydrogen-bond acceptors (Lipinski definition) is 6. The van der Waals surface area contributed by atoms with Crippen LogP contribution in [0.5, 0.6) is 0 Å². The van der Waals surface area contributed by atoms with Crippen molar-refractivity contribution in [2.24, 2.45) is 0 Å². The molecule has 1 aromatic rings. The zero-order valence-corrected chi connectivity index (χ0v) is 14.1. The number of hydrogen-bond donors (Lipinski definition) is 2. The van der Waals surface area contributed by atoms with Crippen molar-refractivity contribution in [3.05, 3.63) is 35.9 Å². The van der Waals surface area contributed by atoms with Crippen molar-refractivity contribution < 1.29 is 33.3 Å². The Hall–Kier alpha value is -2.03. The molecule has 1 aliphatic rings. The number of aliphatic hydroxyl groups excluding tert-OH is 1. The molecule has 8 heteroatoms. The third-order valence-corrected chi connectivity index (χ3v) is 3.73. The van der Waals surface area contributed by atoms with Gasteiger partial charge in [0.25, 0.3) is 0 Å². The molecule has 1 fully saturated rings. The SMILES string of the molecule is CC(=O)N[C@H]1[C@@H](OCc2ccccc2)O[C@H](CO)[C@@H](F)[C@@H]1OC(C)=O. The fraction of sp³-hybridized carbons (Fsp3) is 0.529. The van der Waals surface area contributed by atoms with Gasteiger partial charge in [-0.1, -0.05) is 30.3 Å². The van der Waals surface area contributed by atoms with E-state index >= 15 is 0 Å². The van der Waals surface area contributed by atoms with E-state index in [1.807, 2.05) is 30.3 Å². The van der Waals surface area contributed by atoms with Gasteiger partial charge in [-0.05, 0) is 5.56 Å². The van der Waals surface area contributed by atoms with Crippen LogP contribution in [-0.4, -0.2) is 54.3 Å². The van der Waals surface area contributed by atoms with Gasteiger partial charge in [0.1, 0.15) is 12.1 Å². The molecule has 25 heavy (non-hydrogen) atoms. The van der Waals surface area contributed by atoms with E-state index in [2.05, 4.69) is 5.32 Å². The van der Waals surface area contributed by atoms with Crippen LogP contribution in [0.25, 0.3) is 0 Å². The number of carbonyl (C=O) groups is 2. The van der Waals surface area contributed by atoms with E-state index in [1.54, 1.807) is 0 Å². The highest BCUT2D eigenvalue weighted by Gasteiger charge is 2.49. The van der Waals surface area contributed by atoms with E-state index in [-0.39, 0.29) is 6.61 Å². The Morgan fingerprint density at radius 3 is 2.52 bits per heavy atom. The van der Waals surface area contributed by atoms with Crippen molar-refractivity contribution in [3.8, 4) is 0 Å². The molecule has 0 aliphatic carbocycles. The molecule has 2 rings (SSSR count). The van der Waals surface area contributed by atoms with Gasteiger partial charge in [-0.25, -0.2) is 4.39 Å². The molecule has 0 spiro atoms. The van der Waals surface area contributed by atoms with Crippen LogP contribution in [0.4, 0.5) is 4.39 Å². The molecule has 1 amide bonds. The zero-order chi connectivity index (χ0) is 18.4. The lowest BCUT2D eigenvalue weighted by molar-refractivity contribution is -0.265. The third-order valence-electron chi connectivity index (χ3n) is 3.73. The van der Waals surface area contributed by atoms with E-state index < -0.39 is 49.2 Å². The summed E-state index contributed by atoms with van der Waals surface area (Å²) in [4.78, 5) is 22.8. The van der Waals surface area contributed by atoms with E-state index in [0.717, 1.165) is 12.5 Å². The van der Waals surface area contributed by atoms with Gasteiger partial charge in [-0.3, -0.25) is 9.59 Å². The van der Waals surface area contributed by atoms with Gasteiger partial charge >= 0.3 is 5.97 Å². The highest BCUT2D eigenvalue weighted by Crippen LogP contribution is 2.27. The van der Waals surface area contributed by atoms with Crippen LogP contribution >= 0.6 is 0 Å². The molecule has 0 saturated carbocycles. The summed E-state index contributed by atoms with van der Waals surface area (Å²) >= 11 is 0. The molecule has 5 atom stereocenters. The lowest BCUT2D eigenvalue weighted by atomic mass is 9.97. The van der Waals surface area contributed by atoms with Gasteiger partial charge in [0.15, 0.2) is 18.6 Å². The first-order chi connectivity index (χ1) is 11.9. The number of ether oxygens (including phenoxy) is 3. The maximum atomic E-state index is 14.5. The number of benzene rings is 1. The Labute approximate surface area is 145 Å². The Morgan fingerprint density at radius 1 is 1.28 bits per heavy atom. The predicted octanol–water partition coefficient (Wildman–Crippen LogP) is 0.695. The van der Waals surface area contributed by atoms with Crippen molar-refractivity contribution in [1.82, 2.24) is 5.32 Å². The van der Waals surface area contributed by atoms with Gasteiger partial charge in [0.2, 0.25) is 5.91 Å². The van der Waals surface area contributed by atoms with E-state index in [0.29, 0.717) is 0 Å². The fourth-order valence-corrected chi connectivity index (χ4v) is 2.65. The molecule has 0 bridgehead atoms. The Morgan fingerprint density at radius 2 is 1.96 bits per heavy atom. The first-order valence-corrected chi connectivity index (χ1v) is 7.92. The second-order valence-corrected chi connectivity index (χ2v) is 5.77. The molecule has 0 unspecified atom stereocenters. The fourth-order valence-electron chi connectivity index (χ4n) is 2.65. The minimum atomic E-state index is -1.80. The first-order valence-electron chi connectivity index (χ1n) is 7.92. The lowest BCUT2D eigenvalue weighted by Gasteiger charge is -2.42. The molecular formula is C17H22FNO6. The number of carbonyl (C=O) groups excluding carboxylic acids is 2. The Kier molecular flexibility index (Phi) is 6.86. The van der Waals surface area contributed by atoms with Crippen molar-refractivity contribution in [2.75, 3.05) is 6.61 Å². The molecule has 2 N–H and O–H groups in total. The second-order valence-electron chi connectivity index (χ2n) is 5.77. The molecule has 7 nitrogen and oxygen atoms in total. The summed E-state index contributed by atoms with van der Waals surface area (Å²) in [7, 11) is 0. The number of amides is 1. The van der Waals surface area contributed by atoms with Crippen LogP contribution in [-0.2, 0) is 30.4 Å². The average molecular weight is 355 g/mol. The molecule has 138 valence electrons. The Bertz CT molecular complexity index is 584. The summed E-state index contributed by atoms with van der Waals surface area (Å²) in [5, 5.41) is 11.8. The molecule has 0 aromatic heterocycles. The number of alkyl halides is 1. The summed E-state index contributed by atoms with van der Waals surface area (Å²) in [6.45, 7) is 1.92. The van der Waals surface area contributed by atoms with Gasteiger partial charge < -0.3 is 24.6 Å². The van der Waals surface area contributed by atoms with Gasteiger partial charge in [0, 0.05) is 13.8 Å². The van der Waals surface area contributed by atoms with Gasteiger partial charge in [0.05, 0.1) is 13.2 Å². The van der Waals surface area contributed by atoms with Crippen LogP contribution in [0, 0.1) is 0 Å². The molecular weight excluding hydrogens is 333 g/mol. The molecule has 1 heterocycles. The summed E-state index contributed by atoms with van der Waals surface area (Å²) in [6, 6.07) is 8.15. The number of nitrogens with one attached hydrogen (secondary N) is 1. The number of aliphatic hydroxyl groups is 1. The van der Waals surface area contributed by atoms with Crippen LogP contribution in [0.15, 0.2) is 30.3 Å². The smallest absolute Gasteiger partial charge is 0.303 e. The summed E-state index contributed by atoms with van der Waals surface area (Å²) in [6.07, 6.45) is -5.44. The molecule has 1 aliphatic heterocycles. The van der Waals surface area contributed by atoms with Crippen molar-refractivity contribution >= 4 is 11.9 Å². The maximum absolute atomic E-state index is 14.5. The zero-order valence-electron chi connectivity index (χ0n) is 14.1. The highest BCUT2D eigenvalue weighted by atomic mass is 19.1. The molecule has 1 saturated heterocycles. The summed E-state index contributed by atoms with van der Waals surface area (Å²) < 4.78 is 30.7. The van der Waals surface area contributed by atoms with E-state index in [4.69, 9.17) is 14.2 Å². The van der Waals surface area contributed by atoms with E-state index in [1.165, 1.54) is 6.92 Å². The molecule has 1 aromatic carbocycles. The monoisotopic (exact) mass is 355 g/mol.